The van der Waals surface area contributed by atoms with Crippen LogP contribution in [-0.4, -0.2) is 18.1 Å². The van der Waals surface area contributed by atoms with Gasteiger partial charge in [-0.15, -0.1) is 24.8 Å². The number of nitrogens with two attached hydrogens (primary N) is 1. The zero-order valence-electron chi connectivity index (χ0n) is 11.1. The maximum atomic E-state index is 5.93. The molecule has 2 aliphatic rings. The summed E-state index contributed by atoms with van der Waals surface area (Å²) in [7, 11) is 0. The lowest BCUT2D eigenvalue weighted by Gasteiger charge is -2.27. The second-order valence-corrected chi connectivity index (χ2v) is 5.64. The van der Waals surface area contributed by atoms with E-state index in [-0.39, 0.29) is 24.8 Å². The van der Waals surface area contributed by atoms with Crippen molar-refractivity contribution in [3.63, 3.8) is 0 Å². The van der Waals surface area contributed by atoms with Crippen LogP contribution in [0.25, 0.3) is 0 Å². The Labute approximate surface area is 128 Å². The maximum Gasteiger partial charge on any atom is 0.0145 e. The lowest BCUT2D eigenvalue weighted by molar-refractivity contribution is 0.339. The van der Waals surface area contributed by atoms with Gasteiger partial charge < -0.3 is 11.1 Å². The molecule has 0 spiro atoms. The molecule has 2 aliphatic carbocycles. The quantitative estimate of drug-likeness (QED) is 0.899. The zero-order valence-corrected chi connectivity index (χ0v) is 12.8. The predicted octanol–water partition coefficient (Wildman–Crippen LogP) is 3.25. The largest absolute Gasteiger partial charge is 0.328 e. The average Bonchev–Trinajstić information content (AvgIpc) is 3.13. The molecule has 3 rings (SSSR count). The van der Waals surface area contributed by atoms with E-state index in [4.69, 9.17) is 5.73 Å². The maximum absolute atomic E-state index is 5.93. The van der Waals surface area contributed by atoms with E-state index in [1.54, 1.807) is 0 Å². The first-order chi connectivity index (χ1) is 8.33. The molecule has 0 unspecified atom stereocenters. The number of benzene rings is 1. The fourth-order valence-electron chi connectivity index (χ4n) is 3.04. The second-order valence-electron chi connectivity index (χ2n) is 5.64. The number of rotatable bonds is 3. The molecule has 0 aliphatic heterocycles. The van der Waals surface area contributed by atoms with Gasteiger partial charge in [0.25, 0.3) is 0 Å². The third-order valence-electron chi connectivity index (χ3n) is 4.24. The Morgan fingerprint density at radius 1 is 0.947 bits per heavy atom. The van der Waals surface area contributed by atoms with Gasteiger partial charge in [0.2, 0.25) is 0 Å². The molecule has 0 aromatic heterocycles. The fraction of sp³-hybridized carbons (Fsp3) is 0.600. The van der Waals surface area contributed by atoms with Gasteiger partial charge in [0, 0.05) is 24.0 Å². The summed E-state index contributed by atoms with van der Waals surface area (Å²) in [6.07, 6.45) is 6.23. The smallest absolute Gasteiger partial charge is 0.0145 e. The molecule has 3 N–H and O–H groups in total. The van der Waals surface area contributed by atoms with Gasteiger partial charge in [0.05, 0.1) is 0 Å². The van der Waals surface area contributed by atoms with Crippen LogP contribution in [0.1, 0.15) is 43.6 Å². The molecule has 4 heteroatoms. The van der Waals surface area contributed by atoms with E-state index in [0.29, 0.717) is 12.1 Å². The molecule has 1 aromatic carbocycles. The van der Waals surface area contributed by atoms with Crippen LogP contribution in [0.4, 0.5) is 0 Å². The number of nitrogens with one attached hydrogen (secondary N) is 1. The summed E-state index contributed by atoms with van der Waals surface area (Å²) >= 11 is 0. The highest BCUT2D eigenvalue weighted by molar-refractivity contribution is 5.85. The van der Waals surface area contributed by atoms with Crippen molar-refractivity contribution in [2.45, 2.75) is 56.1 Å². The monoisotopic (exact) mass is 302 g/mol. The Morgan fingerprint density at radius 3 is 2.21 bits per heavy atom. The van der Waals surface area contributed by atoms with Crippen LogP contribution in [0, 0.1) is 0 Å². The summed E-state index contributed by atoms with van der Waals surface area (Å²) in [5.74, 6) is 0.756. The van der Waals surface area contributed by atoms with E-state index >= 15 is 0 Å². The second kappa shape index (κ2) is 7.49. The highest BCUT2D eigenvalue weighted by atomic mass is 35.5. The average molecular weight is 303 g/mol. The third-order valence-corrected chi connectivity index (χ3v) is 4.24. The molecule has 2 atom stereocenters. The van der Waals surface area contributed by atoms with Gasteiger partial charge in [-0.05, 0) is 37.7 Å². The molecule has 0 amide bonds. The van der Waals surface area contributed by atoms with E-state index in [1.807, 2.05) is 0 Å². The number of hydrogen-bond donors (Lipinski definition) is 2. The van der Waals surface area contributed by atoms with Gasteiger partial charge in [-0.25, -0.2) is 0 Å². The molecular weight excluding hydrogens is 279 g/mol. The first kappa shape index (κ1) is 16.8. The summed E-state index contributed by atoms with van der Waals surface area (Å²) in [6.45, 7) is 0. The minimum absolute atomic E-state index is 0. The molecule has 2 fully saturated rings. The van der Waals surface area contributed by atoms with Gasteiger partial charge in [-0.2, -0.15) is 0 Å². The minimum atomic E-state index is 0. The van der Waals surface area contributed by atoms with Gasteiger partial charge in [-0.1, -0.05) is 30.3 Å². The van der Waals surface area contributed by atoms with Crippen LogP contribution in [0.5, 0.6) is 0 Å². The van der Waals surface area contributed by atoms with Crippen LogP contribution in [-0.2, 0) is 0 Å². The number of hydrogen-bond acceptors (Lipinski definition) is 2. The highest BCUT2D eigenvalue weighted by Crippen LogP contribution is 2.41. The topological polar surface area (TPSA) is 38.0 Å². The lowest BCUT2D eigenvalue weighted by Crippen LogP contribution is -2.38. The lowest BCUT2D eigenvalue weighted by atomic mass is 9.92. The molecule has 0 bridgehead atoms. The molecular formula is C15H24Cl2N2. The first-order valence-corrected chi connectivity index (χ1v) is 6.89. The Balaban J connectivity index is 0.000000902. The van der Waals surface area contributed by atoms with Gasteiger partial charge in [0.1, 0.15) is 0 Å². The molecule has 108 valence electrons. The summed E-state index contributed by atoms with van der Waals surface area (Å²) in [5.41, 5.74) is 7.43. The first-order valence-electron chi connectivity index (χ1n) is 6.89. The van der Waals surface area contributed by atoms with E-state index in [9.17, 15) is 0 Å². The van der Waals surface area contributed by atoms with Crippen LogP contribution in [0.2, 0.25) is 0 Å². The van der Waals surface area contributed by atoms with Crippen molar-refractivity contribution >= 4 is 24.8 Å². The molecule has 0 saturated heterocycles. The molecule has 19 heavy (non-hydrogen) atoms. The van der Waals surface area contributed by atoms with Crippen molar-refractivity contribution < 1.29 is 0 Å². The third kappa shape index (κ3) is 4.35. The van der Waals surface area contributed by atoms with Crippen molar-refractivity contribution in [3.8, 4) is 0 Å². The Bertz CT molecular complexity index is 364. The van der Waals surface area contributed by atoms with E-state index in [2.05, 4.69) is 35.6 Å². The Hall–Kier alpha value is -0.280. The summed E-state index contributed by atoms with van der Waals surface area (Å²) in [6, 6.07) is 12.8. The van der Waals surface area contributed by atoms with E-state index in [1.165, 1.54) is 37.7 Å². The summed E-state index contributed by atoms with van der Waals surface area (Å²) < 4.78 is 0. The van der Waals surface area contributed by atoms with Crippen LogP contribution < -0.4 is 11.1 Å². The van der Waals surface area contributed by atoms with Gasteiger partial charge in [-0.3, -0.25) is 0 Å². The van der Waals surface area contributed by atoms with E-state index in [0.717, 1.165) is 12.0 Å². The normalized spacial score (nSPS) is 32.9. The van der Waals surface area contributed by atoms with Gasteiger partial charge >= 0.3 is 0 Å². The fourth-order valence-corrected chi connectivity index (χ4v) is 3.04. The highest BCUT2D eigenvalue weighted by Gasteiger charge is 2.39. The molecule has 2 nitrogen and oxygen atoms in total. The van der Waals surface area contributed by atoms with Crippen molar-refractivity contribution in [1.29, 1.82) is 0 Å². The standard InChI is InChI=1S/C15H22N2.2ClH/c16-12-6-8-13(9-7-12)17-15-10-14(15)11-4-2-1-3-5-11;;/h1-5,12-15,17H,6-10,16H2;2*1H/t12?,13?,14-,15+;;/m0../s1. The molecule has 1 aromatic rings. The van der Waals surface area contributed by atoms with E-state index < -0.39 is 0 Å². The Morgan fingerprint density at radius 2 is 1.58 bits per heavy atom. The van der Waals surface area contributed by atoms with Crippen LogP contribution in [0.3, 0.4) is 0 Å². The van der Waals surface area contributed by atoms with Crippen molar-refractivity contribution in [3.05, 3.63) is 35.9 Å². The van der Waals surface area contributed by atoms with Crippen molar-refractivity contribution in [1.82, 2.24) is 5.32 Å². The molecule has 0 heterocycles. The number of halogens is 2. The SMILES string of the molecule is Cl.Cl.NC1CCC(N[C@@H]2C[C@H]2c2ccccc2)CC1. The minimum Gasteiger partial charge on any atom is -0.328 e. The Kier molecular flexibility index (Phi) is 6.61. The van der Waals surface area contributed by atoms with Gasteiger partial charge in [0.15, 0.2) is 0 Å². The van der Waals surface area contributed by atoms with Crippen LogP contribution in [0.15, 0.2) is 30.3 Å². The zero-order chi connectivity index (χ0) is 11.7. The van der Waals surface area contributed by atoms with Crippen LogP contribution >= 0.6 is 24.8 Å². The molecule has 2 saturated carbocycles. The summed E-state index contributed by atoms with van der Waals surface area (Å²) in [5, 5.41) is 3.81. The van der Waals surface area contributed by atoms with Crippen molar-refractivity contribution in [2.24, 2.45) is 5.73 Å². The predicted molar refractivity (Wildman–Crippen MR) is 85.5 cm³/mol. The summed E-state index contributed by atoms with van der Waals surface area (Å²) in [4.78, 5) is 0. The molecule has 0 radical (unpaired) electrons. The van der Waals surface area contributed by atoms with Crippen molar-refractivity contribution in [2.75, 3.05) is 0 Å².